The SMILES string of the molecule is O=C(O)[C@@H]1CN(C(=O)C2(Cc3ccccc3)CC2)C[C@@H]1c1ccccc1. The first-order valence-electron chi connectivity index (χ1n) is 9.20. The predicted octanol–water partition coefficient (Wildman–Crippen LogP) is 3.34. The molecule has 134 valence electrons. The van der Waals surface area contributed by atoms with Crippen LogP contribution < -0.4 is 0 Å². The first-order chi connectivity index (χ1) is 12.6. The summed E-state index contributed by atoms with van der Waals surface area (Å²) in [7, 11) is 0. The number of carbonyl (C=O) groups is 2. The molecule has 0 bridgehead atoms. The molecule has 0 radical (unpaired) electrons. The van der Waals surface area contributed by atoms with Crippen molar-refractivity contribution in [3.8, 4) is 0 Å². The zero-order valence-electron chi connectivity index (χ0n) is 14.7. The third-order valence-electron chi connectivity index (χ3n) is 5.84. The van der Waals surface area contributed by atoms with Crippen molar-refractivity contribution in [2.45, 2.75) is 25.2 Å². The molecule has 4 rings (SSSR count). The van der Waals surface area contributed by atoms with E-state index in [0.717, 1.165) is 24.8 Å². The Hall–Kier alpha value is -2.62. The van der Waals surface area contributed by atoms with Crippen LogP contribution in [0.2, 0.25) is 0 Å². The zero-order valence-corrected chi connectivity index (χ0v) is 14.7. The molecule has 1 aliphatic carbocycles. The summed E-state index contributed by atoms with van der Waals surface area (Å²) in [6.45, 7) is 0.806. The second kappa shape index (κ2) is 6.60. The van der Waals surface area contributed by atoms with E-state index in [9.17, 15) is 14.7 Å². The summed E-state index contributed by atoms with van der Waals surface area (Å²) in [5.41, 5.74) is 1.85. The lowest BCUT2D eigenvalue weighted by atomic mass is 9.89. The number of carbonyl (C=O) groups excluding carboxylic acids is 1. The Bertz CT molecular complexity index is 799. The number of hydrogen-bond acceptors (Lipinski definition) is 2. The standard InChI is InChI=1S/C22H23NO3/c24-20(25)19-15-23(14-18(19)17-9-5-2-6-10-17)21(26)22(11-12-22)13-16-7-3-1-4-8-16/h1-10,18-19H,11-15H2,(H,24,25)/t18-,19-/m1/s1. The summed E-state index contributed by atoms with van der Waals surface area (Å²) in [6, 6.07) is 19.8. The van der Waals surface area contributed by atoms with Crippen molar-refractivity contribution in [3.05, 3.63) is 71.8 Å². The van der Waals surface area contributed by atoms with Gasteiger partial charge in [-0.3, -0.25) is 9.59 Å². The van der Waals surface area contributed by atoms with Crippen LogP contribution >= 0.6 is 0 Å². The monoisotopic (exact) mass is 349 g/mol. The number of amides is 1. The summed E-state index contributed by atoms with van der Waals surface area (Å²) in [5, 5.41) is 9.66. The minimum atomic E-state index is -0.818. The first kappa shape index (κ1) is 16.8. The molecule has 26 heavy (non-hydrogen) atoms. The normalized spacial score (nSPS) is 23.6. The maximum Gasteiger partial charge on any atom is 0.308 e. The summed E-state index contributed by atoms with van der Waals surface area (Å²) in [4.78, 5) is 26.8. The molecule has 4 heteroatoms. The van der Waals surface area contributed by atoms with Crippen LogP contribution in [0.3, 0.4) is 0 Å². The minimum absolute atomic E-state index is 0.131. The predicted molar refractivity (Wildman–Crippen MR) is 98.7 cm³/mol. The topological polar surface area (TPSA) is 57.6 Å². The van der Waals surface area contributed by atoms with E-state index in [1.807, 2.05) is 48.5 Å². The van der Waals surface area contributed by atoms with Gasteiger partial charge < -0.3 is 10.0 Å². The van der Waals surface area contributed by atoms with Crippen LogP contribution in [0.25, 0.3) is 0 Å². The van der Waals surface area contributed by atoms with Crippen molar-refractivity contribution >= 4 is 11.9 Å². The van der Waals surface area contributed by atoms with Gasteiger partial charge in [-0.15, -0.1) is 0 Å². The van der Waals surface area contributed by atoms with Crippen molar-refractivity contribution in [1.82, 2.24) is 4.90 Å². The summed E-state index contributed by atoms with van der Waals surface area (Å²) < 4.78 is 0. The molecule has 0 aromatic heterocycles. The molecule has 1 saturated heterocycles. The fourth-order valence-corrected chi connectivity index (χ4v) is 4.20. The third kappa shape index (κ3) is 3.12. The molecule has 1 heterocycles. The lowest BCUT2D eigenvalue weighted by molar-refractivity contribution is -0.142. The minimum Gasteiger partial charge on any atom is -0.481 e. The molecule has 1 amide bonds. The molecular weight excluding hydrogens is 326 g/mol. The Morgan fingerprint density at radius 1 is 0.962 bits per heavy atom. The molecule has 0 spiro atoms. The Morgan fingerprint density at radius 2 is 1.58 bits per heavy atom. The van der Waals surface area contributed by atoms with Gasteiger partial charge in [-0.25, -0.2) is 0 Å². The number of rotatable bonds is 5. The van der Waals surface area contributed by atoms with E-state index in [2.05, 4.69) is 12.1 Å². The van der Waals surface area contributed by atoms with Gasteiger partial charge in [-0.05, 0) is 30.4 Å². The average molecular weight is 349 g/mol. The summed E-state index contributed by atoms with van der Waals surface area (Å²) >= 11 is 0. The van der Waals surface area contributed by atoms with E-state index in [-0.39, 0.29) is 17.2 Å². The fourth-order valence-electron chi connectivity index (χ4n) is 4.20. The van der Waals surface area contributed by atoms with Gasteiger partial charge in [0.05, 0.1) is 11.3 Å². The van der Waals surface area contributed by atoms with Gasteiger partial charge in [0.25, 0.3) is 0 Å². The summed E-state index contributed by atoms with van der Waals surface area (Å²) in [6.07, 6.45) is 2.53. The Kier molecular flexibility index (Phi) is 4.27. The van der Waals surface area contributed by atoms with Crippen LogP contribution in [0.1, 0.15) is 29.9 Å². The van der Waals surface area contributed by atoms with Gasteiger partial charge in [0.15, 0.2) is 0 Å². The highest BCUT2D eigenvalue weighted by Gasteiger charge is 2.53. The maximum atomic E-state index is 13.2. The largest absolute Gasteiger partial charge is 0.481 e. The molecule has 2 aromatic rings. The van der Waals surface area contributed by atoms with Gasteiger partial charge in [0.2, 0.25) is 5.91 Å². The van der Waals surface area contributed by atoms with E-state index < -0.39 is 11.9 Å². The smallest absolute Gasteiger partial charge is 0.308 e. The second-order valence-electron chi connectivity index (χ2n) is 7.61. The van der Waals surface area contributed by atoms with Crippen molar-refractivity contribution in [2.75, 3.05) is 13.1 Å². The van der Waals surface area contributed by atoms with Gasteiger partial charge in [-0.1, -0.05) is 60.7 Å². The molecule has 2 fully saturated rings. The van der Waals surface area contributed by atoms with Crippen LogP contribution in [0.5, 0.6) is 0 Å². The molecule has 1 saturated carbocycles. The van der Waals surface area contributed by atoms with Crippen molar-refractivity contribution in [2.24, 2.45) is 11.3 Å². The molecular formula is C22H23NO3. The van der Waals surface area contributed by atoms with Crippen LogP contribution in [0, 0.1) is 11.3 Å². The molecule has 2 aliphatic rings. The number of carboxylic acid groups (broad SMARTS) is 1. The lowest BCUT2D eigenvalue weighted by Gasteiger charge is -2.23. The molecule has 2 atom stereocenters. The highest BCUT2D eigenvalue weighted by atomic mass is 16.4. The quantitative estimate of drug-likeness (QED) is 0.901. The molecule has 0 unspecified atom stereocenters. The molecule has 1 N–H and O–H groups in total. The molecule has 4 nitrogen and oxygen atoms in total. The van der Waals surface area contributed by atoms with Crippen LogP contribution in [0.4, 0.5) is 0 Å². The van der Waals surface area contributed by atoms with Gasteiger partial charge >= 0.3 is 5.97 Å². The lowest BCUT2D eigenvalue weighted by Crippen LogP contribution is -2.37. The van der Waals surface area contributed by atoms with Crippen LogP contribution in [-0.4, -0.2) is 35.0 Å². The van der Waals surface area contributed by atoms with Crippen molar-refractivity contribution in [3.63, 3.8) is 0 Å². The number of carboxylic acids is 1. The highest BCUT2D eigenvalue weighted by Crippen LogP contribution is 2.51. The van der Waals surface area contributed by atoms with Gasteiger partial charge in [0, 0.05) is 19.0 Å². The van der Waals surface area contributed by atoms with Crippen LogP contribution in [0.15, 0.2) is 60.7 Å². The number of nitrogens with zero attached hydrogens (tertiary/aromatic N) is 1. The highest BCUT2D eigenvalue weighted by molar-refractivity contribution is 5.87. The second-order valence-corrected chi connectivity index (χ2v) is 7.61. The third-order valence-corrected chi connectivity index (χ3v) is 5.84. The average Bonchev–Trinajstić information content (AvgIpc) is 3.30. The Balaban J connectivity index is 1.53. The first-order valence-corrected chi connectivity index (χ1v) is 9.20. The molecule has 2 aromatic carbocycles. The van der Waals surface area contributed by atoms with Crippen molar-refractivity contribution in [1.29, 1.82) is 0 Å². The fraction of sp³-hybridized carbons (Fsp3) is 0.364. The number of aliphatic carboxylic acids is 1. The van der Waals surface area contributed by atoms with Gasteiger partial charge in [0.1, 0.15) is 0 Å². The van der Waals surface area contributed by atoms with Crippen molar-refractivity contribution < 1.29 is 14.7 Å². The van der Waals surface area contributed by atoms with E-state index in [4.69, 9.17) is 0 Å². The van der Waals surface area contributed by atoms with E-state index in [1.165, 1.54) is 5.56 Å². The van der Waals surface area contributed by atoms with Crippen LogP contribution in [-0.2, 0) is 16.0 Å². The number of benzene rings is 2. The summed E-state index contributed by atoms with van der Waals surface area (Å²) in [5.74, 6) is -1.35. The number of likely N-dealkylation sites (tertiary alicyclic amines) is 1. The Labute approximate surface area is 153 Å². The number of hydrogen-bond donors (Lipinski definition) is 1. The maximum absolute atomic E-state index is 13.2. The zero-order chi connectivity index (χ0) is 18.1. The van der Waals surface area contributed by atoms with E-state index in [0.29, 0.717) is 13.1 Å². The Morgan fingerprint density at radius 3 is 2.15 bits per heavy atom. The van der Waals surface area contributed by atoms with E-state index >= 15 is 0 Å². The van der Waals surface area contributed by atoms with E-state index in [1.54, 1.807) is 4.90 Å². The van der Waals surface area contributed by atoms with Gasteiger partial charge in [-0.2, -0.15) is 0 Å². The molecule has 1 aliphatic heterocycles.